The van der Waals surface area contributed by atoms with Crippen molar-refractivity contribution in [3.63, 3.8) is 0 Å². The molecule has 0 spiro atoms. The fourth-order valence-corrected chi connectivity index (χ4v) is 8.72. The number of methoxy groups -OCH3 is 2. The summed E-state index contributed by atoms with van der Waals surface area (Å²) in [5.41, 5.74) is 7.26. The lowest BCUT2D eigenvalue weighted by Crippen LogP contribution is -2.51. The molecule has 8 rings (SSSR count). The smallest absolute Gasteiger partial charge is 0.407 e. The summed E-state index contributed by atoms with van der Waals surface area (Å²) in [6.07, 6.45) is 3.85. The molecule has 2 fully saturated rings. The van der Waals surface area contributed by atoms with E-state index in [0.29, 0.717) is 18.9 Å². The molecular formula is C45H51N7O7. The molecule has 0 bridgehead atoms. The van der Waals surface area contributed by atoms with Crippen LogP contribution in [0.5, 0.6) is 0 Å². The van der Waals surface area contributed by atoms with Gasteiger partial charge < -0.3 is 44.3 Å². The number of nitrogens with one attached hydrogen (secondary N) is 4. The molecular weight excluding hydrogens is 751 g/mol. The molecule has 0 radical (unpaired) electrons. The van der Waals surface area contributed by atoms with E-state index in [4.69, 9.17) is 18.9 Å². The van der Waals surface area contributed by atoms with Crippen molar-refractivity contribution in [3.8, 4) is 22.4 Å². The van der Waals surface area contributed by atoms with Gasteiger partial charge in [-0.25, -0.2) is 14.6 Å². The van der Waals surface area contributed by atoms with Crippen LogP contribution in [0.1, 0.15) is 77.0 Å². The van der Waals surface area contributed by atoms with Crippen molar-refractivity contribution in [3.05, 3.63) is 78.4 Å². The minimum atomic E-state index is -0.702. The number of rotatable bonds is 10. The zero-order valence-electron chi connectivity index (χ0n) is 34.3. The zero-order valence-corrected chi connectivity index (χ0v) is 34.3. The van der Waals surface area contributed by atoms with Gasteiger partial charge in [0.25, 0.3) is 0 Å². The molecule has 14 heteroatoms. The molecule has 3 aromatic heterocycles. The third-order valence-corrected chi connectivity index (χ3v) is 11.9. The summed E-state index contributed by atoms with van der Waals surface area (Å²) in [6.45, 7) is 8.84. The monoisotopic (exact) mass is 801 g/mol. The number of furan rings is 1. The Kier molecular flexibility index (Phi) is 10.8. The SMILES string of the molecule is COC(=O)N[C@H](C(=O)N1CCC[C@H]1c1cc2cc(-c3ccc4c(c3)oc3cc(-c5cnc([C@@H]6CCCN6C(=O)[C@@H](NC(=O)OC)C(C)C)[nH]5)ccc34)ccc2[nH]1)C(C)C. The first kappa shape index (κ1) is 39.5. The van der Waals surface area contributed by atoms with E-state index < -0.39 is 24.3 Å². The number of H-pyrrole nitrogens is 2. The van der Waals surface area contributed by atoms with Crippen LogP contribution in [0.15, 0.2) is 71.3 Å². The second-order valence-electron chi connectivity index (χ2n) is 16.3. The number of ether oxygens (including phenoxy) is 2. The second-order valence-corrected chi connectivity index (χ2v) is 16.3. The van der Waals surface area contributed by atoms with E-state index in [-0.39, 0.29) is 35.7 Å². The lowest BCUT2D eigenvalue weighted by Gasteiger charge is -2.30. The average Bonchev–Trinajstić information content (AvgIpc) is 4.08. The zero-order chi connectivity index (χ0) is 41.5. The molecule has 14 nitrogen and oxygen atoms in total. The third kappa shape index (κ3) is 7.59. The maximum Gasteiger partial charge on any atom is 0.407 e. The summed E-state index contributed by atoms with van der Waals surface area (Å²) in [6, 6.07) is 19.1. The Bertz CT molecular complexity index is 2550. The lowest BCUT2D eigenvalue weighted by molar-refractivity contribution is -0.136. The second kappa shape index (κ2) is 16.1. The van der Waals surface area contributed by atoms with Gasteiger partial charge in [0.2, 0.25) is 11.8 Å². The van der Waals surface area contributed by atoms with Gasteiger partial charge in [-0.1, -0.05) is 45.9 Å². The number of hydrogen-bond acceptors (Lipinski definition) is 8. The maximum atomic E-state index is 13.7. The van der Waals surface area contributed by atoms with E-state index in [9.17, 15) is 19.2 Å². The van der Waals surface area contributed by atoms with Gasteiger partial charge >= 0.3 is 12.2 Å². The molecule has 0 unspecified atom stereocenters. The fraction of sp³-hybridized carbons (Fsp3) is 0.400. The largest absolute Gasteiger partial charge is 0.456 e. The topological polar surface area (TPSA) is 175 Å². The summed E-state index contributed by atoms with van der Waals surface area (Å²) in [5, 5.41) is 8.49. The number of carbonyl (C=O) groups is 4. The first-order valence-electron chi connectivity index (χ1n) is 20.4. The molecule has 4 atom stereocenters. The van der Waals surface area contributed by atoms with Crippen molar-refractivity contribution in [1.82, 2.24) is 35.4 Å². The third-order valence-electron chi connectivity index (χ3n) is 11.9. The highest BCUT2D eigenvalue weighted by Crippen LogP contribution is 2.38. The molecule has 3 aromatic carbocycles. The Morgan fingerprint density at radius 3 is 1.86 bits per heavy atom. The molecule has 6 aromatic rings. The molecule has 308 valence electrons. The van der Waals surface area contributed by atoms with Gasteiger partial charge in [-0.2, -0.15) is 0 Å². The van der Waals surface area contributed by atoms with Gasteiger partial charge in [0, 0.05) is 46.0 Å². The standard InChI is InChI=1S/C45H51N7O7/c1-24(2)39(49-44(55)57-5)42(53)51-17-7-9-35(51)33-20-29-19-26(13-16-32(29)47-33)27-11-14-30-31-15-12-28(22-38(31)59-37(30)21-27)34-23-46-41(48-34)36-10-8-18-52(36)43(54)40(25(3)4)50-45(56)58-6/h11-16,19-25,35-36,39-40,47H,7-10,17-18H2,1-6H3,(H,46,48)(H,49,55)(H,50,56)/t35-,36-,39-,40-/m0/s1. The van der Waals surface area contributed by atoms with E-state index >= 15 is 0 Å². The van der Waals surface area contributed by atoms with E-state index in [1.165, 1.54) is 14.2 Å². The van der Waals surface area contributed by atoms with Crippen LogP contribution in [0.25, 0.3) is 55.2 Å². The number of imidazole rings is 1. The van der Waals surface area contributed by atoms with Crippen molar-refractivity contribution < 1.29 is 33.1 Å². The number of carbonyl (C=O) groups excluding carboxylic acids is 4. The summed E-state index contributed by atoms with van der Waals surface area (Å²) in [4.78, 5) is 66.8. The van der Waals surface area contributed by atoms with Crippen molar-refractivity contribution in [2.45, 2.75) is 77.5 Å². The van der Waals surface area contributed by atoms with Gasteiger partial charge in [-0.15, -0.1) is 0 Å². The Balaban J connectivity index is 1.01. The molecule has 2 aliphatic rings. The van der Waals surface area contributed by atoms with Crippen LogP contribution in [0.3, 0.4) is 0 Å². The van der Waals surface area contributed by atoms with Gasteiger partial charge in [-0.3, -0.25) is 9.59 Å². The molecule has 4 amide bonds. The van der Waals surface area contributed by atoms with Gasteiger partial charge in [0.05, 0.1) is 38.2 Å². The first-order valence-corrected chi connectivity index (χ1v) is 20.4. The number of hydrogen-bond donors (Lipinski definition) is 4. The first-order chi connectivity index (χ1) is 28.4. The van der Waals surface area contributed by atoms with E-state index in [0.717, 1.165) is 86.6 Å². The molecule has 4 N–H and O–H groups in total. The molecule has 5 heterocycles. The molecule has 0 saturated carbocycles. The molecule has 2 saturated heterocycles. The number of benzene rings is 3. The van der Waals surface area contributed by atoms with Gasteiger partial charge in [0.1, 0.15) is 29.1 Å². The number of likely N-dealkylation sites (tertiary alicyclic amines) is 2. The Labute approximate surface area is 342 Å². The number of alkyl carbamates (subject to hydrolysis) is 2. The van der Waals surface area contributed by atoms with Gasteiger partial charge in [-0.05, 0) is 91.1 Å². The molecule has 2 aliphatic heterocycles. The van der Waals surface area contributed by atoms with Crippen LogP contribution in [-0.2, 0) is 19.1 Å². The number of nitrogens with zero attached hydrogens (tertiary/aromatic N) is 3. The van der Waals surface area contributed by atoms with Crippen LogP contribution in [-0.4, -0.2) is 88.1 Å². The highest BCUT2D eigenvalue weighted by molar-refractivity contribution is 6.07. The van der Waals surface area contributed by atoms with Crippen LogP contribution >= 0.6 is 0 Å². The minimum absolute atomic E-state index is 0.0968. The Morgan fingerprint density at radius 1 is 0.712 bits per heavy atom. The van der Waals surface area contributed by atoms with Crippen LogP contribution in [0, 0.1) is 11.8 Å². The van der Waals surface area contributed by atoms with E-state index in [2.05, 4.69) is 69.1 Å². The minimum Gasteiger partial charge on any atom is -0.456 e. The van der Waals surface area contributed by atoms with Crippen LogP contribution in [0.4, 0.5) is 9.59 Å². The Hall–Kier alpha value is -6.31. The summed E-state index contributed by atoms with van der Waals surface area (Å²) in [7, 11) is 2.59. The van der Waals surface area contributed by atoms with Crippen molar-refractivity contribution in [2.75, 3.05) is 27.3 Å². The predicted molar refractivity (Wildman–Crippen MR) is 224 cm³/mol. The number of fused-ring (bicyclic) bond motifs is 4. The summed E-state index contributed by atoms with van der Waals surface area (Å²) in [5.74, 6) is 0.232. The number of aromatic nitrogens is 3. The van der Waals surface area contributed by atoms with E-state index in [1.54, 1.807) is 11.1 Å². The molecule has 59 heavy (non-hydrogen) atoms. The van der Waals surface area contributed by atoms with E-state index in [1.807, 2.05) is 44.7 Å². The highest BCUT2D eigenvalue weighted by Gasteiger charge is 2.38. The lowest BCUT2D eigenvalue weighted by atomic mass is 10.0. The summed E-state index contributed by atoms with van der Waals surface area (Å²) < 4.78 is 16.0. The average molecular weight is 802 g/mol. The fourth-order valence-electron chi connectivity index (χ4n) is 8.72. The highest BCUT2D eigenvalue weighted by atomic mass is 16.5. The van der Waals surface area contributed by atoms with Crippen molar-refractivity contribution >= 4 is 56.8 Å². The Morgan fingerprint density at radius 2 is 1.25 bits per heavy atom. The number of aromatic amines is 2. The predicted octanol–water partition coefficient (Wildman–Crippen LogP) is 8.21. The normalized spacial score (nSPS) is 18.0. The summed E-state index contributed by atoms with van der Waals surface area (Å²) >= 11 is 0. The quantitative estimate of drug-likeness (QED) is 0.107. The van der Waals surface area contributed by atoms with Crippen LogP contribution < -0.4 is 10.6 Å². The van der Waals surface area contributed by atoms with Crippen LogP contribution in [0.2, 0.25) is 0 Å². The maximum absolute atomic E-state index is 13.7. The van der Waals surface area contributed by atoms with Gasteiger partial charge in [0.15, 0.2) is 0 Å². The van der Waals surface area contributed by atoms with Crippen molar-refractivity contribution in [2.24, 2.45) is 11.8 Å². The molecule has 0 aliphatic carbocycles. The number of amides is 4. The van der Waals surface area contributed by atoms with Crippen molar-refractivity contribution in [1.29, 1.82) is 0 Å².